The van der Waals surface area contributed by atoms with Crippen LogP contribution in [0.2, 0.25) is 5.02 Å². The minimum Gasteiger partial charge on any atom is -0.349 e. The summed E-state index contributed by atoms with van der Waals surface area (Å²) in [5, 5.41) is 8.33. The average Bonchev–Trinajstić information content (AvgIpc) is 3.48. The standard InChI is InChI=1S/C25H19ClF2N6O5S2/c26-16-3-1-12(27)5-14(16)19-21-22(32-24(36)20-15-6-13(28)2-4-17(15)40-33-20)31-23(34(21)8-18(35)30-19)25(37)29-7-11-9-41(38,39)10-11/h1-6,11,19H,7-10H2,(H,29,37)(H,30,35)(H,32,36). The highest BCUT2D eigenvalue weighted by Crippen LogP contribution is 2.36. The Labute approximate surface area is 240 Å². The number of anilines is 1. The Bertz CT molecular complexity index is 1860. The molecule has 11 nitrogen and oxygen atoms in total. The monoisotopic (exact) mass is 620 g/mol. The van der Waals surface area contributed by atoms with Crippen molar-refractivity contribution >= 4 is 66.6 Å². The van der Waals surface area contributed by atoms with Crippen LogP contribution < -0.4 is 16.0 Å². The van der Waals surface area contributed by atoms with Crippen molar-refractivity contribution in [1.82, 2.24) is 24.6 Å². The van der Waals surface area contributed by atoms with Gasteiger partial charge in [-0.05, 0) is 47.9 Å². The lowest BCUT2D eigenvalue weighted by Crippen LogP contribution is -2.45. The molecule has 2 aromatic heterocycles. The van der Waals surface area contributed by atoms with Crippen LogP contribution in [-0.2, 0) is 21.2 Å². The summed E-state index contributed by atoms with van der Waals surface area (Å²) in [6.07, 6.45) is 0. The van der Waals surface area contributed by atoms with Gasteiger partial charge in [0.2, 0.25) is 11.7 Å². The number of fused-ring (bicyclic) bond motifs is 2. The lowest BCUT2D eigenvalue weighted by molar-refractivity contribution is -0.123. The Hall–Kier alpha value is -3.95. The molecular formula is C25H19ClF2N6O5S2. The molecule has 3 N–H and O–H groups in total. The van der Waals surface area contributed by atoms with Crippen molar-refractivity contribution in [1.29, 1.82) is 0 Å². The van der Waals surface area contributed by atoms with E-state index in [1.54, 1.807) is 0 Å². The van der Waals surface area contributed by atoms with E-state index in [9.17, 15) is 31.6 Å². The van der Waals surface area contributed by atoms with Crippen LogP contribution in [0.3, 0.4) is 0 Å². The third-order valence-corrected chi connectivity index (χ3v) is 9.90. The SMILES string of the molecule is O=C1Cn2c(C(=O)NCC3CS(=O)(=O)C3)nc(NC(=O)c3nsc4ccc(F)cc34)c2C(c2cc(F)ccc2Cl)N1. The summed E-state index contributed by atoms with van der Waals surface area (Å²) < 4.78 is 57.1. The molecule has 0 saturated carbocycles. The number of imidazole rings is 1. The second kappa shape index (κ2) is 10.2. The zero-order valence-electron chi connectivity index (χ0n) is 20.8. The van der Waals surface area contributed by atoms with Crippen LogP contribution in [0.4, 0.5) is 14.6 Å². The molecule has 0 aliphatic carbocycles. The predicted octanol–water partition coefficient (Wildman–Crippen LogP) is 2.67. The second-order valence-corrected chi connectivity index (χ2v) is 13.1. The van der Waals surface area contributed by atoms with Crippen LogP contribution in [0.25, 0.3) is 10.1 Å². The number of rotatable bonds is 6. The summed E-state index contributed by atoms with van der Waals surface area (Å²) in [5.74, 6) is -3.94. The Balaban J connectivity index is 1.40. The molecule has 16 heteroatoms. The highest BCUT2D eigenvalue weighted by Gasteiger charge is 2.37. The Kier molecular flexibility index (Phi) is 6.74. The molecule has 4 heterocycles. The van der Waals surface area contributed by atoms with Crippen molar-refractivity contribution in [3.05, 3.63) is 75.8 Å². The quantitative estimate of drug-likeness (QED) is 0.300. The maximum Gasteiger partial charge on any atom is 0.287 e. The van der Waals surface area contributed by atoms with Gasteiger partial charge in [-0.25, -0.2) is 22.2 Å². The maximum atomic E-state index is 14.2. The minimum atomic E-state index is -3.10. The molecule has 41 heavy (non-hydrogen) atoms. The molecular weight excluding hydrogens is 602 g/mol. The molecule has 2 aromatic carbocycles. The van der Waals surface area contributed by atoms with Crippen molar-refractivity contribution < 1.29 is 31.6 Å². The van der Waals surface area contributed by atoms with Gasteiger partial charge in [0.25, 0.3) is 11.8 Å². The minimum absolute atomic E-state index is 0.0565. The summed E-state index contributed by atoms with van der Waals surface area (Å²) in [7, 11) is -3.10. The van der Waals surface area contributed by atoms with E-state index in [1.807, 2.05) is 0 Å². The van der Waals surface area contributed by atoms with Gasteiger partial charge < -0.3 is 20.5 Å². The van der Waals surface area contributed by atoms with Crippen molar-refractivity contribution in [3.8, 4) is 0 Å². The van der Waals surface area contributed by atoms with Crippen LogP contribution in [0, 0.1) is 17.6 Å². The Morgan fingerprint density at radius 3 is 2.61 bits per heavy atom. The number of sulfone groups is 1. The molecule has 2 aliphatic heterocycles. The molecule has 0 bridgehead atoms. The zero-order valence-corrected chi connectivity index (χ0v) is 23.2. The van der Waals surface area contributed by atoms with Gasteiger partial charge in [0.05, 0.1) is 27.9 Å². The molecule has 1 fully saturated rings. The molecule has 6 rings (SSSR count). The van der Waals surface area contributed by atoms with Crippen molar-refractivity contribution in [2.24, 2.45) is 5.92 Å². The number of hydrogen-bond acceptors (Lipinski definition) is 8. The first-order valence-electron chi connectivity index (χ1n) is 12.2. The number of benzene rings is 2. The summed E-state index contributed by atoms with van der Waals surface area (Å²) in [4.78, 5) is 43.6. The van der Waals surface area contributed by atoms with E-state index in [0.29, 0.717) is 4.70 Å². The van der Waals surface area contributed by atoms with Crippen LogP contribution in [0.1, 0.15) is 38.4 Å². The molecule has 4 aromatic rings. The summed E-state index contributed by atoms with van der Waals surface area (Å²) in [5.41, 5.74) is 0.223. The van der Waals surface area contributed by atoms with Crippen molar-refractivity contribution in [3.63, 3.8) is 0 Å². The first kappa shape index (κ1) is 27.2. The number of carbonyl (C=O) groups is 3. The highest BCUT2D eigenvalue weighted by molar-refractivity contribution is 7.92. The molecule has 1 saturated heterocycles. The van der Waals surface area contributed by atoms with Crippen LogP contribution in [-0.4, -0.2) is 58.1 Å². The maximum absolute atomic E-state index is 14.2. The van der Waals surface area contributed by atoms with Gasteiger partial charge >= 0.3 is 0 Å². The van der Waals surface area contributed by atoms with Crippen LogP contribution >= 0.6 is 23.1 Å². The molecule has 0 radical (unpaired) electrons. The molecule has 2 aliphatic rings. The zero-order chi connectivity index (χ0) is 29.1. The number of halogens is 3. The fourth-order valence-electron chi connectivity index (χ4n) is 4.91. The van der Waals surface area contributed by atoms with Crippen LogP contribution in [0.5, 0.6) is 0 Å². The molecule has 1 unspecified atom stereocenters. The van der Waals surface area contributed by atoms with Gasteiger partial charge in [-0.15, -0.1) is 0 Å². The van der Waals surface area contributed by atoms with Gasteiger partial charge in [0, 0.05) is 28.4 Å². The second-order valence-electron chi connectivity index (χ2n) is 9.70. The topological polar surface area (TPSA) is 152 Å². The van der Waals surface area contributed by atoms with Gasteiger partial charge in [-0.1, -0.05) is 11.6 Å². The fraction of sp³-hybridized carbons (Fsp3) is 0.240. The normalized spacial score (nSPS) is 17.9. The number of aromatic nitrogens is 3. The van der Waals surface area contributed by atoms with E-state index >= 15 is 0 Å². The smallest absolute Gasteiger partial charge is 0.287 e. The first-order valence-corrected chi connectivity index (χ1v) is 15.2. The average molecular weight is 621 g/mol. The predicted molar refractivity (Wildman–Crippen MR) is 146 cm³/mol. The lowest BCUT2D eigenvalue weighted by Gasteiger charge is -2.28. The number of amides is 3. The molecule has 3 amide bonds. The van der Waals surface area contributed by atoms with Crippen molar-refractivity contribution in [2.75, 3.05) is 23.4 Å². The van der Waals surface area contributed by atoms with Gasteiger partial charge in [0.15, 0.2) is 15.7 Å². The Morgan fingerprint density at radius 1 is 1.12 bits per heavy atom. The largest absolute Gasteiger partial charge is 0.349 e. The van der Waals surface area contributed by atoms with Gasteiger partial charge in [-0.3, -0.25) is 14.4 Å². The molecule has 0 spiro atoms. The number of nitrogens with zero attached hydrogens (tertiary/aromatic N) is 3. The van der Waals surface area contributed by atoms with Crippen molar-refractivity contribution in [2.45, 2.75) is 12.6 Å². The number of carbonyl (C=O) groups excluding carboxylic acids is 3. The fourth-order valence-corrected chi connectivity index (χ4v) is 7.46. The summed E-state index contributed by atoms with van der Waals surface area (Å²) in [6, 6.07) is 6.37. The lowest BCUT2D eigenvalue weighted by atomic mass is 10.0. The van der Waals surface area contributed by atoms with E-state index in [4.69, 9.17) is 11.6 Å². The Morgan fingerprint density at radius 2 is 1.85 bits per heavy atom. The first-order chi connectivity index (χ1) is 19.5. The summed E-state index contributed by atoms with van der Waals surface area (Å²) >= 11 is 7.35. The highest BCUT2D eigenvalue weighted by atomic mass is 35.5. The summed E-state index contributed by atoms with van der Waals surface area (Å²) in [6.45, 7) is -0.295. The van der Waals surface area contributed by atoms with Gasteiger partial charge in [0.1, 0.15) is 23.9 Å². The van der Waals surface area contributed by atoms with E-state index in [-0.39, 0.29) is 69.5 Å². The van der Waals surface area contributed by atoms with Crippen LogP contribution in [0.15, 0.2) is 36.4 Å². The number of nitrogens with one attached hydrogen (secondary N) is 3. The third-order valence-electron chi connectivity index (χ3n) is 6.77. The number of hydrogen-bond donors (Lipinski definition) is 3. The third kappa shape index (κ3) is 5.15. The van der Waals surface area contributed by atoms with E-state index < -0.39 is 45.2 Å². The van der Waals surface area contributed by atoms with E-state index in [1.165, 1.54) is 28.8 Å². The van der Waals surface area contributed by atoms with E-state index in [2.05, 4.69) is 25.3 Å². The van der Waals surface area contributed by atoms with E-state index in [0.717, 1.165) is 23.7 Å². The molecule has 212 valence electrons. The van der Waals surface area contributed by atoms with Gasteiger partial charge in [-0.2, -0.15) is 4.37 Å². The molecule has 1 atom stereocenters.